The molecular formula is C29H37FN4O5. The largest absolute Gasteiger partial charge is 0.490 e. The van der Waals surface area contributed by atoms with Gasteiger partial charge in [-0.05, 0) is 64.5 Å². The second-order valence-corrected chi connectivity index (χ2v) is 12.2. The van der Waals surface area contributed by atoms with Gasteiger partial charge in [-0.3, -0.25) is 4.79 Å². The summed E-state index contributed by atoms with van der Waals surface area (Å²) in [5.41, 5.74) is 2.35. The first-order chi connectivity index (χ1) is 18.1. The molecule has 2 N–H and O–H groups in total. The molecule has 1 amide bonds. The van der Waals surface area contributed by atoms with Crippen LogP contribution in [0.5, 0.6) is 5.75 Å². The van der Waals surface area contributed by atoms with E-state index in [-0.39, 0.29) is 28.3 Å². The van der Waals surface area contributed by atoms with Crippen LogP contribution < -0.4 is 10.1 Å². The molecule has 0 saturated carbocycles. The van der Waals surface area contributed by atoms with Crippen LogP contribution in [-0.4, -0.2) is 50.3 Å². The number of fused-ring (bicyclic) bond motifs is 2. The topological polar surface area (TPSA) is 115 Å². The summed E-state index contributed by atoms with van der Waals surface area (Å²) < 4.78 is 28.5. The lowest BCUT2D eigenvalue weighted by atomic mass is 9.91. The molecule has 10 heteroatoms. The number of amides is 1. The third-order valence-electron chi connectivity index (χ3n) is 6.49. The fourth-order valence-electron chi connectivity index (χ4n) is 4.74. The molecule has 9 nitrogen and oxygen atoms in total. The van der Waals surface area contributed by atoms with E-state index in [2.05, 4.69) is 15.4 Å². The predicted molar refractivity (Wildman–Crippen MR) is 145 cm³/mol. The smallest absolute Gasteiger partial charge is 0.337 e. The van der Waals surface area contributed by atoms with Crippen molar-refractivity contribution in [2.24, 2.45) is 5.41 Å². The fraction of sp³-hybridized carbons (Fsp3) is 0.517. The van der Waals surface area contributed by atoms with Gasteiger partial charge in [0.25, 0.3) is 5.91 Å². The number of carbonyl (C=O) groups excluding carboxylic acids is 1. The van der Waals surface area contributed by atoms with Crippen LogP contribution in [0.4, 0.5) is 4.39 Å². The number of carbonyl (C=O) groups is 2. The minimum Gasteiger partial charge on any atom is -0.490 e. The van der Waals surface area contributed by atoms with Gasteiger partial charge in [-0.25, -0.2) is 18.7 Å². The highest BCUT2D eigenvalue weighted by Crippen LogP contribution is 2.41. The molecule has 39 heavy (non-hydrogen) atoms. The molecule has 3 heterocycles. The number of halogens is 1. The van der Waals surface area contributed by atoms with E-state index in [0.29, 0.717) is 42.2 Å². The second-order valence-electron chi connectivity index (χ2n) is 12.2. The standard InChI is InChI=1S/C29H37FN4O5/c1-15-17-10-9-11-38-24(17)19(30)12-18(15)23-22(25(27(36)37)39-29(6,7)8)16(2)32-21-13-20(33-34(21)23)26(35)31-14-28(3,4)5/h12-13,25H,9-11,14H2,1-8H3,(H,31,35)(H,36,37). The van der Waals surface area contributed by atoms with Crippen LogP contribution in [0.1, 0.15) is 86.9 Å². The molecule has 1 aromatic carbocycles. The molecule has 1 unspecified atom stereocenters. The fourth-order valence-corrected chi connectivity index (χ4v) is 4.74. The molecule has 210 valence electrons. The van der Waals surface area contributed by atoms with Crippen molar-refractivity contribution in [3.8, 4) is 17.0 Å². The SMILES string of the molecule is Cc1nc2cc(C(=O)NCC(C)(C)C)nn2c(-c2cc(F)c3c(c2C)CCCO3)c1C(OC(C)(C)C)C(=O)O. The van der Waals surface area contributed by atoms with Crippen molar-refractivity contribution < 1.29 is 28.6 Å². The highest BCUT2D eigenvalue weighted by atomic mass is 19.1. The third kappa shape index (κ3) is 5.90. The number of carboxylic acid groups (broad SMARTS) is 1. The summed E-state index contributed by atoms with van der Waals surface area (Å²) in [6, 6.07) is 2.89. The molecule has 0 spiro atoms. The van der Waals surface area contributed by atoms with Gasteiger partial charge in [0.15, 0.2) is 29.0 Å². The maximum Gasteiger partial charge on any atom is 0.337 e. The molecule has 1 aliphatic heterocycles. The normalized spacial score (nSPS) is 14.6. The van der Waals surface area contributed by atoms with Crippen molar-refractivity contribution in [3.63, 3.8) is 0 Å². The van der Waals surface area contributed by atoms with Crippen LogP contribution in [0.3, 0.4) is 0 Å². The van der Waals surface area contributed by atoms with Crippen molar-refractivity contribution in [1.29, 1.82) is 0 Å². The van der Waals surface area contributed by atoms with Crippen molar-refractivity contribution >= 4 is 17.5 Å². The molecule has 0 radical (unpaired) electrons. The number of nitrogens with one attached hydrogen (secondary N) is 1. The van der Waals surface area contributed by atoms with Gasteiger partial charge in [-0.1, -0.05) is 20.8 Å². The Bertz CT molecular complexity index is 1450. The first-order valence-corrected chi connectivity index (χ1v) is 13.1. The van der Waals surface area contributed by atoms with Gasteiger partial charge in [-0.15, -0.1) is 0 Å². The van der Waals surface area contributed by atoms with Crippen LogP contribution >= 0.6 is 0 Å². The van der Waals surface area contributed by atoms with E-state index >= 15 is 4.39 Å². The summed E-state index contributed by atoms with van der Waals surface area (Å²) in [6.07, 6.45) is -0.0670. The molecule has 0 bridgehead atoms. The van der Waals surface area contributed by atoms with Gasteiger partial charge in [0.1, 0.15) is 0 Å². The summed E-state index contributed by atoms with van der Waals surface area (Å²) in [5.74, 6) is -1.93. The maximum absolute atomic E-state index is 15.4. The number of aromatic nitrogens is 3. The molecule has 2 aromatic heterocycles. The van der Waals surface area contributed by atoms with Gasteiger partial charge in [0.05, 0.1) is 17.9 Å². The van der Waals surface area contributed by atoms with E-state index in [1.807, 2.05) is 27.7 Å². The number of hydrogen-bond acceptors (Lipinski definition) is 6. The summed E-state index contributed by atoms with van der Waals surface area (Å²) in [5, 5.41) is 17.7. The highest BCUT2D eigenvalue weighted by Gasteiger charge is 2.35. The van der Waals surface area contributed by atoms with Crippen LogP contribution in [-0.2, 0) is 16.0 Å². The number of aliphatic carboxylic acids is 1. The molecular weight excluding hydrogens is 503 g/mol. The van der Waals surface area contributed by atoms with Crippen molar-refractivity contribution in [1.82, 2.24) is 19.9 Å². The van der Waals surface area contributed by atoms with Crippen LogP contribution in [0.25, 0.3) is 16.9 Å². The minimum atomic E-state index is -1.42. The van der Waals surface area contributed by atoms with Gasteiger partial charge in [0, 0.05) is 35.0 Å². The number of nitrogens with zero attached hydrogens (tertiary/aromatic N) is 3. The van der Waals surface area contributed by atoms with Crippen LogP contribution in [0.15, 0.2) is 12.1 Å². The summed E-state index contributed by atoms with van der Waals surface area (Å²) in [7, 11) is 0. The summed E-state index contributed by atoms with van der Waals surface area (Å²) >= 11 is 0. The number of benzene rings is 1. The van der Waals surface area contributed by atoms with Crippen molar-refractivity contribution in [2.45, 2.75) is 79.9 Å². The molecule has 4 rings (SSSR count). The Morgan fingerprint density at radius 3 is 2.51 bits per heavy atom. The third-order valence-corrected chi connectivity index (χ3v) is 6.49. The van der Waals surface area contributed by atoms with Crippen molar-refractivity contribution in [3.05, 3.63) is 46.0 Å². The van der Waals surface area contributed by atoms with E-state index in [9.17, 15) is 14.7 Å². The average molecular weight is 541 g/mol. The molecule has 1 atom stereocenters. The Hall–Kier alpha value is -3.53. The van der Waals surface area contributed by atoms with Crippen LogP contribution in [0, 0.1) is 25.1 Å². The molecule has 0 aliphatic carbocycles. The quantitative estimate of drug-likeness (QED) is 0.442. The Kier molecular flexibility index (Phi) is 7.46. The van der Waals surface area contributed by atoms with Gasteiger partial charge in [0.2, 0.25) is 0 Å². The molecule has 3 aromatic rings. The maximum atomic E-state index is 15.4. The van der Waals surface area contributed by atoms with Gasteiger partial charge in [-0.2, -0.15) is 5.10 Å². The van der Waals surface area contributed by atoms with Gasteiger partial charge >= 0.3 is 5.97 Å². The Morgan fingerprint density at radius 1 is 1.21 bits per heavy atom. The van der Waals surface area contributed by atoms with E-state index in [0.717, 1.165) is 17.5 Å². The lowest BCUT2D eigenvalue weighted by Gasteiger charge is -2.28. The average Bonchev–Trinajstić information content (AvgIpc) is 3.25. The van der Waals surface area contributed by atoms with E-state index in [4.69, 9.17) is 9.47 Å². The zero-order chi connectivity index (χ0) is 28.9. The van der Waals surface area contributed by atoms with E-state index < -0.39 is 23.5 Å². The molecule has 0 fully saturated rings. The van der Waals surface area contributed by atoms with E-state index in [1.54, 1.807) is 33.8 Å². The van der Waals surface area contributed by atoms with Gasteiger partial charge < -0.3 is 19.9 Å². The van der Waals surface area contributed by atoms with Crippen LogP contribution in [0.2, 0.25) is 0 Å². The molecule has 1 aliphatic rings. The molecule has 0 saturated heterocycles. The lowest BCUT2D eigenvalue weighted by Crippen LogP contribution is -2.32. The zero-order valence-electron chi connectivity index (χ0n) is 23.9. The first kappa shape index (κ1) is 28.5. The number of hydrogen-bond donors (Lipinski definition) is 2. The highest BCUT2D eigenvalue weighted by molar-refractivity contribution is 5.93. The zero-order valence-corrected chi connectivity index (χ0v) is 23.9. The number of rotatable bonds is 6. The monoisotopic (exact) mass is 540 g/mol. The van der Waals surface area contributed by atoms with Crippen molar-refractivity contribution in [2.75, 3.05) is 13.2 Å². The minimum absolute atomic E-state index is 0.118. The lowest BCUT2D eigenvalue weighted by molar-refractivity contribution is -0.160. The second kappa shape index (κ2) is 10.2. The summed E-state index contributed by atoms with van der Waals surface area (Å²) in [4.78, 5) is 30.2. The predicted octanol–water partition coefficient (Wildman–Crippen LogP) is 5.19. The Morgan fingerprint density at radius 2 is 1.90 bits per heavy atom. The summed E-state index contributed by atoms with van der Waals surface area (Å²) in [6.45, 7) is 15.7. The number of ether oxygens (including phenoxy) is 2. The number of carboxylic acids is 1. The number of aryl methyl sites for hydroxylation is 1. The first-order valence-electron chi connectivity index (χ1n) is 13.1. The Labute approximate surface area is 227 Å². The Balaban J connectivity index is 2.02. The van der Waals surface area contributed by atoms with E-state index in [1.165, 1.54) is 10.6 Å².